The Morgan fingerprint density at radius 1 is 1.19 bits per heavy atom. The molecule has 5 nitrogen and oxygen atoms in total. The summed E-state index contributed by atoms with van der Waals surface area (Å²) in [6.07, 6.45) is 0. The van der Waals surface area contributed by atoms with Crippen LogP contribution in [-0.2, 0) is 0 Å². The van der Waals surface area contributed by atoms with Crippen LogP contribution < -0.4 is 15.4 Å². The molecular weight excluding hydrogens is 414 g/mol. The maximum absolute atomic E-state index is 12.4. The van der Waals surface area contributed by atoms with Crippen LogP contribution in [0, 0.1) is 6.92 Å². The monoisotopic (exact) mass is 431 g/mol. The largest absolute Gasteiger partial charge is 0.494 e. The summed E-state index contributed by atoms with van der Waals surface area (Å²) in [6, 6.07) is 13.3. The van der Waals surface area contributed by atoms with Gasteiger partial charge >= 0.3 is 0 Å². The molecule has 0 aliphatic heterocycles. The molecule has 0 spiro atoms. The lowest BCUT2D eigenvalue weighted by atomic mass is 10.2. The molecule has 26 heavy (non-hydrogen) atoms. The Labute approximate surface area is 164 Å². The quantitative estimate of drug-likeness (QED) is 0.532. The van der Waals surface area contributed by atoms with Crippen molar-refractivity contribution in [3.05, 3.63) is 63.6 Å². The van der Waals surface area contributed by atoms with E-state index in [1.807, 2.05) is 56.3 Å². The van der Waals surface area contributed by atoms with E-state index in [4.69, 9.17) is 4.74 Å². The third-order valence-corrected chi connectivity index (χ3v) is 5.22. The van der Waals surface area contributed by atoms with Crippen molar-refractivity contribution < 1.29 is 9.53 Å². The number of benzene rings is 2. The van der Waals surface area contributed by atoms with Gasteiger partial charge in [0.15, 0.2) is 5.13 Å². The summed E-state index contributed by atoms with van der Waals surface area (Å²) in [5.74, 6) is 0.588. The second-order valence-electron chi connectivity index (χ2n) is 5.54. The first-order valence-electron chi connectivity index (χ1n) is 8.08. The maximum atomic E-state index is 12.4. The summed E-state index contributed by atoms with van der Waals surface area (Å²) in [7, 11) is 0. The number of rotatable bonds is 6. The lowest BCUT2D eigenvalue weighted by Crippen LogP contribution is -2.12. The molecule has 2 N–H and O–H groups in total. The SMILES string of the molecule is CCOc1ccc(Nc2nc(C(=O)Nc3ccc(Br)c(C)c3)cs2)cc1. The van der Waals surface area contributed by atoms with Crippen LogP contribution in [-0.4, -0.2) is 17.5 Å². The Hall–Kier alpha value is -2.38. The second-order valence-corrected chi connectivity index (χ2v) is 7.25. The fraction of sp³-hybridized carbons (Fsp3) is 0.158. The Morgan fingerprint density at radius 3 is 2.62 bits per heavy atom. The van der Waals surface area contributed by atoms with Crippen LogP contribution in [0.25, 0.3) is 0 Å². The number of amides is 1. The van der Waals surface area contributed by atoms with Crippen molar-refractivity contribution >= 4 is 49.7 Å². The summed E-state index contributed by atoms with van der Waals surface area (Å²) in [4.78, 5) is 16.7. The van der Waals surface area contributed by atoms with Crippen LogP contribution in [0.2, 0.25) is 0 Å². The summed E-state index contributed by atoms with van der Waals surface area (Å²) >= 11 is 4.83. The molecule has 0 bridgehead atoms. The maximum Gasteiger partial charge on any atom is 0.275 e. The number of aromatic nitrogens is 1. The average molecular weight is 432 g/mol. The molecule has 0 aliphatic rings. The summed E-state index contributed by atoms with van der Waals surface area (Å²) < 4.78 is 6.43. The molecule has 1 amide bonds. The minimum absolute atomic E-state index is 0.234. The smallest absolute Gasteiger partial charge is 0.275 e. The number of carbonyl (C=O) groups excluding carboxylic acids is 1. The predicted octanol–water partition coefficient (Wildman–Crippen LogP) is 5.61. The van der Waals surface area contributed by atoms with Crippen LogP contribution in [0.5, 0.6) is 5.75 Å². The van der Waals surface area contributed by atoms with Crippen molar-refractivity contribution in [2.24, 2.45) is 0 Å². The number of thiazole rings is 1. The molecule has 134 valence electrons. The lowest BCUT2D eigenvalue weighted by molar-refractivity contribution is 0.102. The highest BCUT2D eigenvalue weighted by atomic mass is 79.9. The molecule has 0 saturated carbocycles. The fourth-order valence-corrected chi connectivity index (χ4v) is 3.24. The summed E-state index contributed by atoms with van der Waals surface area (Å²) in [5.41, 5.74) is 3.06. The number of nitrogens with one attached hydrogen (secondary N) is 2. The van der Waals surface area contributed by atoms with Gasteiger partial charge in [-0.2, -0.15) is 0 Å². The molecule has 2 aromatic carbocycles. The minimum atomic E-state index is -0.234. The van der Waals surface area contributed by atoms with E-state index >= 15 is 0 Å². The van der Waals surface area contributed by atoms with E-state index in [0.717, 1.165) is 27.2 Å². The summed E-state index contributed by atoms with van der Waals surface area (Å²) in [6.45, 7) is 4.56. The first-order chi connectivity index (χ1) is 12.5. The first kappa shape index (κ1) is 18.4. The molecule has 0 saturated heterocycles. The summed E-state index contributed by atoms with van der Waals surface area (Å²) in [5, 5.41) is 8.45. The van der Waals surface area contributed by atoms with Gasteiger partial charge in [-0.25, -0.2) is 4.98 Å². The zero-order chi connectivity index (χ0) is 18.5. The predicted molar refractivity (Wildman–Crippen MR) is 110 cm³/mol. The van der Waals surface area contributed by atoms with Gasteiger partial charge in [-0.05, 0) is 61.9 Å². The molecule has 0 fully saturated rings. The van der Waals surface area contributed by atoms with Gasteiger partial charge in [0.2, 0.25) is 0 Å². The van der Waals surface area contributed by atoms with E-state index in [-0.39, 0.29) is 5.91 Å². The number of halogens is 1. The van der Waals surface area contributed by atoms with Crippen molar-refractivity contribution in [3.63, 3.8) is 0 Å². The van der Waals surface area contributed by atoms with E-state index in [1.54, 1.807) is 5.38 Å². The van der Waals surface area contributed by atoms with Crippen LogP contribution >= 0.6 is 27.3 Å². The van der Waals surface area contributed by atoms with Crippen molar-refractivity contribution in [1.82, 2.24) is 4.98 Å². The van der Waals surface area contributed by atoms with Crippen LogP contribution in [0.15, 0.2) is 52.3 Å². The Morgan fingerprint density at radius 2 is 1.92 bits per heavy atom. The zero-order valence-corrected chi connectivity index (χ0v) is 16.8. The zero-order valence-electron chi connectivity index (χ0n) is 14.4. The highest BCUT2D eigenvalue weighted by Gasteiger charge is 2.12. The van der Waals surface area contributed by atoms with Crippen LogP contribution in [0.4, 0.5) is 16.5 Å². The molecule has 0 atom stereocenters. The average Bonchev–Trinajstić information content (AvgIpc) is 3.09. The lowest BCUT2D eigenvalue weighted by Gasteiger charge is -2.06. The third-order valence-electron chi connectivity index (χ3n) is 3.57. The van der Waals surface area contributed by atoms with Gasteiger partial charge in [0.05, 0.1) is 6.61 Å². The highest BCUT2D eigenvalue weighted by molar-refractivity contribution is 9.10. The first-order valence-corrected chi connectivity index (χ1v) is 9.75. The Balaban J connectivity index is 1.64. The number of aryl methyl sites for hydroxylation is 1. The molecule has 3 rings (SSSR count). The van der Waals surface area contributed by atoms with Gasteiger partial charge in [-0.15, -0.1) is 11.3 Å². The number of ether oxygens (including phenoxy) is 1. The number of hydrogen-bond acceptors (Lipinski definition) is 5. The molecule has 7 heteroatoms. The standard InChI is InChI=1S/C19H18BrN3O2S/c1-3-25-15-7-4-13(5-8-15)22-19-23-17(11-26-19)18(24)21-14-6-9-16(20)12(2)10-14/h4-11H,3H2,1-2H3,(H,21,24)(H,22,23). The van der Waals surface area contributed by atoms with Gasteiger partial charge in [-0.1, -0.05) is 15.9 Å². The van der Waals surface area contributed by atoms with Crippen LogP contribution in [0.1, 0.15) is 23.0 Å². The van der Waals surface area contributed by atoms with Gasteiger partial charge in [0, 0.05) is 21.2 Å². The molecule has 0 unspecified atom stereocenters. The van der Waals surface area contributed by atoms with Crippen molar-refractivity contribution in [1.29, 1.82) is 0 Å². The van der Waals surface area contributed by atoms with Gasteiger partial charge < -0.3 is 15.4 Å². The number of carbonyl (C=O) groups is 1. The van der Waals surface area contributed by atoms with Gasteiger partial charge in [0.25, 0.3) is 5.91 Å². The normalized spacial score (nSPS) is 10.4. The minimum Gasteiger partial charge on any atom is -0.494 e. The van der Waals surface area contributed by atoms with Crippen LogP contribution in [0.3, 0.4) is 0 Å². The van der Waals surface area contributed by atoms with E-state index in [9.17, 15) is 4.79 Å². The second kappa shape index (κ2) is 8.33. The molecule has 0 aliphatic carbocycles. The number of nitrogens with zero attached hydrogens (tertiary/aromatic N) is 1. The van der Waals surface area contributed by atoms with Crippen molar-refractivity contribution in [2.45, 2.75) is 13.8 Å². The molecule has 0 radical (unpaired) electrons. The van der Waals surface area contributed by atoms with E-state index in [0.29, 0.717) is 17.4 Å². The van der Waals surface area contributed by atoms with E-state index in [2.05, 4.69) is 31.5 Å². The van der Waals surface area contributed by atoms with Gasteiger partial charge in [-0.3, -0.25) is 4.79 Å². The third kappa shape index (κ3) is 4.62. The van der Waals surface area contributed by atoms with Crippen molar-refractivity contribution in [2.75, 3.05) is 17.2 Å². The molecule has 1 aromatic heterocycles. The molecule has 3 aromatic rings. The highest BCUT2D eigenvalue weighted by Crippen LogP contribution is 2.24. The topological polar surface area (TPSA) is 63.2 Å². The number of hydrogen-bond donors (Lipinski definition) is 2. The van der Waals surface area contributed by atoms with Crippen molar-refractivity contribution in [3.8, 4) is 5.75 Å². The number of anilines is 3. The Kier molecular flexibility index (Phi) is 5.90. The fourth-order valence-electron chi connectivity index (χ4n) is 2.28. The Bertz CT molecular complexity index is 909. The van der Waals surface area contributed by atoms with Gasteiger partial charge in [0.1, 0.15) is 11.4 Å². The van der Waals surface area contributed by atoms with E-state index < -0.39 is 0 Å². The van der Waals surface area contributed by atoms with E-state index in [1.165, 1.54) is 11.3 Å². The molecular formula is C19H18BrN3O2S. The molecule has 1 heterocycles.